The predicted octanol–water partition coefficient (Wildman–Crippen LogP) is 2.49. The summed E-state index contributed by atoms with van der Waals surface area (Å²) >= 11 is 1.69. The molecular formula is C8H18O2S. The summed E-state index contributed by atoms with van der Waals surface area (Å²) in [6.45, 7) is 5.94. The van der Waals surface area contributed by atoms with Crippen LogP contribution >= 0.6 is 11.8 Å². The third kappa shape index (κ3) is 10.3. The molecule has 0 amide bonds. The predicted molar refractivity (Wildman–Crippen MR) is 49.8 cm³/mol. The molecule has 0 aromatic carbocycles. The van der Waals surface area contributed by atoms with Crippen molar-refractivity contribution in [3.63, 3.8) is 0 Å². The molecule has 0 bridgehead atoms. The lowest BCUT2D eigenvalue weighted by Gasteiger charge is -2.02. The van der Waals surface area contributed by atoms with Gasteiger partial charge in [-0.25, -0.2) is 0 Å². The van der Waals surface area contributed by atoms with E-state index in [-0.39, 0.29) is 0 Å². The molecule has 0 N–H and O–H groups in total. The molecule has 3 heteroatoms. The number of hydrogen-bond donors (Lipinski definition) is 0. The van der Waals surface area contributed by atoms with E-state index in [1.807, 2.05) is 0 Å². The van der Waals surface area contributed by atoms with Crippen LogP contribution in [0.5, 0.6) is 0 Å². The van der Waals surface area contributed by atoms with Crippen LogP contribution in [0, 0.1) is 0 Å². The summed E-state index contributed by atoms with van der Waals surface area (Å²) in [6, 6.07) is 0. The molecule has 0 fully saturated rings. The molecule has 0 rings (SSSR count). The van der Waals surface area contributed by atoms with Gasteiger partial charge in [0.2, 0.25) is 0 Å². The quantitative estimate of drug-likeness (QED) is 0.420. The number of rotatable bonds is 8. The Morgan fingerprint density at radius 1 is 0.909 bits per heavy atom. The van der Waals surface area contributed by atoms with Gasteiger partial charge in [0, 0.05) is 13.2 Å². The summed E-state index contributed by atoms with van der Waals surface area (Å²) in [6.07, 6.45) is 2.19. The molecule has 0 aromatic heterocycles. The van der Waals surface area contributed by atoms with Crippen LogP contribution in [0.1, 0.15) is 26.7 Å². The molecule has 0 spiro atoms. The molecule has 0 saturated carbocycles. The molecule has 0 aliphatic carbocycles. The summed E-state index contributed by atoms with van der Waals surface area (Å²) in [5.41, 5.74) is 0. The smallest absolute Gasteiger partial charge is 0.0943 e. The minimum Gasteiger partial charge on any atom is -0.371 e. The Kier molecular flexibility index (Phi) is 10.5. The summed E-state index contributed by atoms with van der Waals surface area (Å²) < 4.78 is 10.5. The molecule has 0 heterocycles. The number of thioether (sulfide) groups is 1. The molecule has 11 heavy (non-hydrogen) atoms. The van der Waals surface area contributed by atoms with Crippen LogP contribution < -0.4 is 0 Å². The highest BCUT2D eigenvalue weighted by atomic mass is 32.2. The highest BCUT2D eigenvalue weighted by Gasteiger charge is 1.87. The van der Waals surface area contributed by atoms with Gasteiger partial charge in [0.05, 0.1) is 11.9 Å². The van der Waals surface area contributed by atoms with Gasteiger partial charge in [-0.05, 0) is 12.8 Å². The molecular weight excluding hydrogens is 160 g/mol. The van der Waals surface area contributed by atoms with Gasteiger partial charge in [0.15, 0.2) is 0 Å². The van der Waals surface area contributed by atoms with Crippen LogP contribution in [0.15, 0.2) is 0 Å². The summed E-state index contributed by atoms with van der Waals surface area (Å²) in [4.78, 5) is 0. The zero-order valence-electron chi connectivity index (χ0n) is 7.47. The second kappa shape index (κ2) is 10.3. The fourth-order valence-electron chi connectivity index (χ4n) is 0.558. The Morgan fingerprint density at radius 2 is 1.36 bits per heavy atom. The topological polar surface area (TPSA) is 18.5 Å². The normalized spacial score (nSPS) is 10.4. The average Bonchev–Trinajstić information content (AvgIpc) is 2.03. The van der Waals surface area contributed by atoms with E-state index in [2.05, 4.69) is 13.8 Å². The van der Waals surface area contributed by atoms with Crippen molar-refractivity contribution in [3.8, 4) is 0 Å². The van der Waals surface area contributed by atoms with E-state index >= 15 is 0 Å². The first-order valence-electron chi connectivity index (χ1n) is 4.15. The molecule has 0 unspecified atom stereocenters. The van der Waals surface area contributed by atoms with Gasteiger partial charge in [-0.2, -0.15) is 0 Å². The first kappa shape index (κ1) is 11.3. The second-order valence-corrected chi connectivity index (χ2v) is 3.14. The molecule has 0 atom stereocenters. The minimum absolute atomic E-state index is 0.761. The maximum atomic E-state index is 5.25. The van der Waals surface area contributed by atoms with E-state index in [1.165, 1.54) is 0 Å². The van der Waals surface area contributed by atoms with Crippen LogP contribution in [-0.4, -0.2) is 25.1 Å². The van der Waals surface area contributed by atoms with E-state index in [1.54, 1.807) is 11.8 Å². The molecule has 68 valence electrons. The van der Waals surface area contributed by atoms with Crippen molar-refractivity contribution in [2.24, 2.45) is 0 Å². The second-order valence-electron chi connectivity index (χ2n) is 2.26. The lowest BCUT2D eigenvalue weighted by Crippen LogP contribution is -1.96. The van der Waals surface area contributed by atoms with Gasteiger partial charge in [0.25, 0.3) is 0 Å². The van der Waals surface area contributed by atoms with Gasteiger partial charge in [-0.3, -0.25) is 0 Å². The zero-order valence-corrected chi connectivity index (χ0v) is 8.28. The van der Waals surface area contributed by atoms with Crippen molar-refractivity contribution in [1.29, 1.82) is 0 Å². The van der Waals surface area contributed by atoms with Crippen molar-refractivity contribution >= 4 is 11.8 Å². The van der Waals surface area contributed by atoms with Gasteiger partial charge in [-0.1, -0.05) is 13.8 Å². The molecule has 2 nitrogen and oxygen atoms in total. The van der Waals surface area contributed by atoms with E-state index in [4.69, 9.17) is 9.47 Å². The maximum absolute atomic E-state index is 5.25. The van der Waals surface area contributed by atoms with E-state index in [9.17, 15) is 0 Å². The standard InChI is InChI=1S/C8H18O2S/c1-3-5-9-7-11-8-10-6-4-2/h3-8H2,1-2H3. The largest absolute Gasteiger partial charge is 0.371 e. The Hall–Kier alpha value is 0.270. The van der Waals surface area contributed by atoms with Gasteiger partial charge in [0.1, 0.15) is 0 Å². The highest BCUT2D eigenvalue weighted by molar-refractivity contribution is 7.98. The monoisotopic (exact) mass is 178 g/mol. The average molecular weight is 178 g/mol. The van der Waals surface area contributed by atoms with Gasteiger partial charge < -0.3 is 9.47 Å². The molecule has 0 aliphatic rings. The van der Waals surface area contributed by atoms with Gasteiger partial charge in [-0.15, -0.1) is 11.8 Å². The van der Waals surface area contributed by atoms with Crippen LogP contribution in [0.25, 0.3) is 0 Å². The first-order valence-corrected chi connectivity index (χ1v) is 5.30. The molecule has 0 aliphatic heterocycles. The zero-order chi connectivity index (χ0) is 8.36. The minimum atomic E-state index is 0.761. The number of ether oxygens (including phenoxy) is 2. The lowest BCUT2D eigenvalue weighted by molar-refractivity contribution is 0.168. The van der Waals surface area contributed by atoms with Crippen molar-refractivity contribution in [2.75, 3.05) is 25.1 Å². The van der Waals surface area contributed by atoms with Crippen LogP contribution in [0.3, 0.4) is 0 Å². The fourth-order valence-corrected chi connectivity index (χ4v) is 1.10. The first-order chi connectivity index (χ1) is 5.41. The Balaban J connectivity index is 2.69. The third-order valence-electron chi connectivity index (χ3n) is 1.03. The summed E-state index contributed by atoms with van der Waals surface area (Å²) in [5, 5.41) is 0. The lowest BCUT2D eigenvalue weighted by atomic mass is 10.5. The highest BCUT2D eigenvalue weighted by Crippen LogP contribution is 2.01. The molecule has 0 aromatic rings. The van der Waals surface area contributed by atoms with E-state index in [0.717, 1.165) is 37.9 Å². The Morgan fingerprint density at radius 3 is 1.73 bits per heavy atom. The van der Waals surface area contributed by atoms with Crippen molar-refractivity contribution < 1.29 is 9.47 Å². The number of hydrogen-bond acceptors (Lipinski definition) is 3. The molecule has 0 saturated heterocycles. The van der Waals surface area contributed by atoms with Crippen LogP contribution in [-0.2, 0) is 9.47 Å². The Bertz CT molecular complexity index is 61.1. The van der Waals surface area contributed by atoms with E-state index in [0.29, 0.717) is 0 Å². The van der Waals surface area contributed by atoms with Crippen molar-refractivity contribution in [2.45, 2.75) is 26.7 Å². The summed E-state index contributed by atoms with van der Waals surface area (Å²) in [5.74, 6) is 1.52. The van der Waals surface area contributed by atoms with Crippen LogP contribution in [0.4, 0.5) is 0 Å². The SMILES string of the molecule is CCCOCSCOCCC. The fraction of sp³-hybridized carbons (Fsp3) is 1.00. The van der Waals surface area contributed by atoms with Gasteiger partial charge >= 0.3 is 0 Å². The third-order valence-corrected chi connectivity index (χ3v) is 1.70. The maximum Gasteiger partial charge on any atom is 0.0943 e. The molecule has 0 radical (unpaired) electrons. The van der Waals surface area contributed by atoms with E-state index < -0.39 is 0 Å². The summed E-state index contributed by atoms with van der Waals surface area (Å²) in [7, 11) is 0. The Labute approximate surface area is 73.6 Å². The van der Waals surface area contributed by atoms with Crippen molar-refractivity contribution in [1.82, 2.24) is 0 Å². The van der Waals surface area contributed by atoms with Crippen LogP contribution in [0.2, 0.25) is 0 Å². The van der Waals surface area contributed by atoms with Crippen molar-refractivity contribution in [3.05, 3.63) is 0 Å².